The van der Waals surface area contributed by atoms with Crippen molar-refractivity contribution in [3.63, 3.8) is 0 Å². The predicted molar refractivity (Wildman–Crippen MR) is 82.0 cm³/mol. The molecular weight excluding hydrogens is 272 g/mol. The molecule has 3 aromatic rings. The lowest BCUT2D eigenvalue weighted by Crippen LogP contribution is -2.26. The van der Waals surface area contributed by atoms with Crippen LogP contribution >= 0.6 is 23.1 Å². The summed E-state index contributed by atoms with van der Waals surface area (Å²) in [6, 6.07) is 12.6. The fourth-order valence-electron chi connectivity index (χ4n) is 2.26. The Morgan fingerprint density at radius 2 is 1.89 bits per heavy atom. The number of hydrogen-bond acceptors (Lipinski definition) is 3. The van der Waals surface area contributed by atoms with E-state index in [1.807, 2.05) is 17.4 Å². The fraction of sp³-hybridized carbons (Fsp3) is 0.200. The summed E-state index contributed by atoms with van der Waals surface area (Å²) in [5.74, 6) is 0. The molecule has 2 aromatic heterocycles. The molecule has 0 spiro atoms. The van der Waals surface area contributed by atoms with Gasteiger partial charge in [0.2, 0.25) is 4.34 Å². The molecule has 0 bridgehead atoms. The Labute approximate surface area is 121 Å². The highest BCUT2D eigenvalue weighted by molar-refractivity contribution is 8.00. The molecule has 4 heteroatoms. The normalized spacial score (nSPS) is 11.1. The molecule has 0 aliphatic heterocycles. The monoisotopic (exact) mass is 287 g/mol. The molecular formula is C15H15N2S2+. The van der Waals surface area contributed by atoms with Gasteiger partial charge >= 0.3 is 5.65 Å². The molecule has 2 heterocycles. The second kappa shape index (κ2) is 4.94. The van der Waals surface area contributed by atoms with Crippen LogP contribution in [0.1, 0.15) is 11.4 Å². The van der Waals surface area contributed by atoms with Gasteiger partial charge in [-0.15, -0.1) is 0 Å². The van der Waals surface area contributed by atoms with E-state index in [1.165, 1.54) is 20.5 Å². The Balaban J connectivity index is 2.38. The standard InChI is InChI=1S/C15H15N2S2/c1-10-9-11(2)17-14(16-10)13(19-15(17)18-3)12-7-5-4-6-8-12/h4-9H,1-3H3/q+1. The predicted octanol–water partition coefficient (Wildman–Crippen LogP) is 3.89. The maximum atomic E-state index is 4.74. The number of hydrogen-bond donors (Lipinski definition) is 0. The third-order valence-corrected chi connectivity index (χ3v) is 5.31. The number of aryl methyl sites for hydroxylation is 2. The van der Waals surface area contributed by atoms with Crippen molar-refractivity contribution in [1.29, 1.82) is 0 Å². The summed E-state index contributed by atoms with van der Waals surface area (Å²) in [7, 11) is 0. The van der Waals surface area contributed by atoms with Crippen LogP contribution in [0.25, 0.3) is 16.1 Å². The summed E-state index contributed by atoms with van der Waals surface area (Å²) in [5, 5.41) is 0. The first-order valence-corrected chi connectivity index (χ1v) is 8.17. The lowest BCUT2D eigenvalue weighted by atomic mass is 10.2. The van der Waals surface area contributed by atoms with Crippen molar-refractivity contribution in [2.75, 3.05) is 6.26 Å². The van der Waals surface area contributed by atoms with Gasteiger partial charge in [-0.05, 0) is 18.2 Å². The number of rotatable bonds is 2. The van der Waals surface area contributed by atoms with E-state index in [0.717, 1.165) is 11.3 Å². The zero-order chi connectivity index (χ0) is 13.4. The lowest BCUT2D eigenvalue weighted by molar-refractivity contribution is -0.557. The maximum Gasteiger partial charge on any atom is 0.347 e. The zero-order valence-corrected chi connectivity index (χ0v) is 12.8. The molecule has 0 saturated heterocycles. The molecule has 0 atom stereocenters. The number of fused-ring (bicyclic) bond motifs is 1. The fourth-order valence-corrected chi connectivity index (χ4v) is 4.23. The molecule has 0 radical (unpaired) electrons. The molecule has 0 amide bonds. The Bertz CT molecular complexity index is 733. The smallest absolute Gasteiger partial charge is 0.177 e. The van der Waals surface area contributed by atoms with Crippen LogP contribution in [0.4, 0.5) is 0 Å². The van der Waals surface area contributed by atoms with E-state index in [0.29, 0.717) is 0 Å². The van der Waals surface area contributed by atoms with E-state index in [1.54, 1.807) is 11.8 Å². The van der Waals surface area contributed by atoms with Gasteiger partial charge in [0.1, 0.15) is 10.6 Å². The van der Waals surface area contributed by atoms with Gasteiger partial charge in [-0.25, -0.2) is 0 Å². The van der Waals surface area contributed by atoms with E-state index >= 15 is 0 Å². The number of benzene rings is 1. The third kappa shape index (κ3) is 2.15. The molecule has 96 valence electrons. The van der Waals surface area contributed by atoms with Gasteiger partial charge in [0, 0.05) is 18.6 Å². The first kappa shape index (κ1) is 12.6. The third-order valence-electron chi connectivity index (χ3n) is 3.05. The first-order valence-electron chi connectivity index (χ1n) is 6.13. The van der Waals surface area contributed by atoms with Crippen LogP contribution in [0.15, 0.2) is 40.7 Å². The van der Waals surface area contributed by atoms with E-state index < -0.39 is 0 Å². The van der Waals surface area contributed by atoms with Crippen molar-refractivity contribution in [1.82, 2.24) is 4.98 Å². The highest BCUT2D eigenvalue weighted by atomic mass is 32.2. The lowest BCUT2D eigenvalue weighted by Gasteiger charge is -1.95. The van der Waals surface area contributed by atoms with Crippen LogP contribution in [-0.2, 0) is 0 Å². The molecule has 19 heavy (non-hydrogen) atoms. The van der Waals surface area contributed by atoms with Gasteiger partial charge in [0.05, 0.1) is 0 Å². The van der Waals surface area contributed by atoms with Gasteiger partial charge in [-0.2, -0.15) is 4.40 Å². The zero-order valence-electron chi connectivity index (χ0n) is 11.2. The van der Waals surface area contributed by atoms with Crippen molar-refractivity contribution in [2.45, 2.75) is 18.2 Å². The van der Waals surface area contributed by atoms with Gasteiger partial charge in [0.25, 0.3) is 0 Å². The number of nitrogens with zero attached hydrogens (tertiary/aromatic N) is 2. The van der Waals surface area contributed by atoms with Crippen LogP contribution in [0.5, 0.6) is 0 Å². The van der Waals surface area contributed by atoms with Crippen LogP contribution in [0.3, 0.4) is 0 Å². The molecule has 2 nitrogen and oxygen atoms in total. The van der Waals surface area contributed by atoms with Crippen molar-refractivity contribution < 1.29 is 4.40 Å². The first-order chi connectivity index (χ1) is 9.20. The molecule has 0 unspecified atom stereocenters. The number of aromatic nitrogens is 2. The van der Waals surface area contributed by atoms with Gasteiger partial charge in [-0.3, -0.25) is 0 Å². The van der Waals surface area contributed by atoms with Gasteiger partial charge in [-0.1, -0.05) is 53.4 Å². The minimum atomic E-state index is 1.07. The van der Waals surface area contributed by atoms with Crippen molar-refractivity contribution in [3.8, 4) is 10.4 Å². The van der Waals surface area contributed by atoms with Crippen molar-refractivity contribution in [3.05, 3.63) is 47.8 Å². The van der Waals surface area contributed by atoms with Crippen LogP contribution in [0, 0.1) is 13.8 Å². The Morgan fingerprint density at radius 3 is 2.58 bits per heavy atom. The Morgan fingerprint density at radius 1 is 1.16 bits per heavy atom. The van der Waals surface area contributed by atoms with Gasteiger partial charge < -0.3 is 0 Å². The minimum Gasteiger partial charge on any atom is -0.177 e. The molecule has 1 aromatic carbocycles. The highest BCUT2D eigenvalue weighted by Gasteiger charge is 2.23. The average molecular weight is 287 g/mol. The molecule has 3 rings (SSSR count). The molecule has 0 aliphatic rings. The quantitative estimate of drug-likeness (QED) is 0.525. The largest absolute Gasteiger partial charge is 0.347 e. The van der Waals surface area contributed by atoms with Gasteiger partial charge in [0.15, 0.2) is 5.69 Å². The summed E-state index contributed by atoms with van der Waals surface area (Å²) in [6.07, 6.45) is 2.12. The van der Waals surface area contributed by atoms with Crippen LogP contribution in [0.2, 0.25) is 0 Å². The summed E-state index contributed by atoms with van der Waals surface area (Å²) >= 11 is 3.59. The minimum absolute atomic E-state index is 1.07. The average Bonchev–Trinajstić information content (AvgIpc) is 2.78. The van der Waals surface area contributed by atoms with E-state index in [9.17, 15) is 0 Å². The van der Waals surface area contributed by atoms with Crippen LogP contribution in [-0.4, -0.2) is 11.2 Å². The number of thioether (sulfide) groups is 1. The van der Waals surface area contributed by atoms with E-state index in [-0.39, 0.29) is 0 Å². The van der Waals surface area contributed by atoms with Crippen LogP contribution < -0.4 is 4.40 Å². The summed E-state index contributed by atoms with van der Waals surface area (Å²) in [4.78, 5) is 5.99. The molecule has 0 saturated carbocycles. The second-order valence-electron chi connectivity index (χ2n) is 4.47. The number of thiazole rings is 1. The molecule has 0 N–H and O–H groups in total. The van der Waals surface area contributed by atoms with E-state index in [4.69, 9.17) is 4.98 Å². The summed E-state index contributed by atoms with van der Waals surface area (Å²) in [5.41, 5.74) is 4.62. The van der Waals surface area contributed by atoms with Crippen molar-refractivity contribution in [2.24, 2.45) is 0 Å². The molecule has 0 aliphatic carbocycles. The summed E-state index contributed by atoms with van der Waals surface area (Å²) < 4.78 is 3.53. The SMILES string of the molecule is CSc1sc(-c2ccccc2)c2nc(C)cc(C)[n+]12. The topological polar surface area (TPSA) is 17.0 Å². The van der Waals surface area contributed by atoms with Crippen molar-refractivity contribution >= 4 is 28.7 Å². The molecule has 0 fully saturated rings. The second-order valence-corrected chi connectivity index (χ2v) is 6.52. The Kier molecular flexibility index (Phi) is 3.29. The highest BCUT2D eigenvalue weighted by Crippen LogP contribution is 2.33. The Hall–Kier alpha value is -1.39. The van der Waals surface area contributed by atoms with E-state index in [2.05, 4.69) is 54.8 Å². The summed E-state index contributed by atoms with van der Waals surface area (Å²) in [6.45, 7) is 4.20. The maximum absolute atomic E-state index is 4.74.